The van der Waals surface area contributed by atoms with Crippen molar-refractivity contribution in [3.05, 3.63) is 23.3 Å². The molecule has 1 amide bonds. The van der Waals surface area contributed by atoms with E-state index in [1.54, 1.807) is 23.4 Å². The van der Waals surface area contributed by atoms with Gasteiger partial charge in [0, 0.05) is 33.7 Å². The van der Waals surface area contributed by atoms with E-state index in [9.17, 15) is 9.00 Å². The molecule has 0 spiro atoms. The molecule has 8 nitrogen and oxygen atoms in total. The Morgan fingerprint density at radius 2 is 1.82 bits per heavy atom. The largest absolute Gasteiger partial charge is 0.497 e. The molecule has 1 aromatic carbocycles. The summed E-state index contributed by atoms with van der Waals surface area (Å²) in [4.78, 5) is 19.8. The molecule has 1 aliphatic rings. The standard InChI is InChI=1S/C25H44N4O4S/c1-20-15-23(32-7)16-21(2)25(20)34(31)28(6)13-14-33-19-24(30)27(5)17-22-9-12-29(18-22)11-8-10-26(3)4/h15-16,22H,8-14,17-19H2,1-7H3/t22-,34?/m0/s1. The van der Waals surface area contributed by atoms with Gasteiger partial charge in [0.25, 0.3) is 0 Å². The van der Waals surface area contributed by atoms with Gasteiger partial charge in [0.2, 0.25) is 5.91 Å². The van der Waals surface area contributed by atoms with E-state index in [1.807, 2.05) is 33.0 Å². The molecule has 0 saturated carbocycles. The highest BCUT2D eigenvalue weighted by atomic mass is 32.2. The van der Waals surface area contributed by atoms with Crippen LogP contribution in [0.15, 0.2) is 17.0 Å². The molecule has 1 aliphatic heterocycles. The monoisotopic (exact) mass is 496 g/mol. The van der Waals surface area contributed by atoms with E-state index in [-0.39, 0.29) is 12.5 Å². The zero-order chi connectivity index (χ0) is 25.3. The van der Waals surface area contributed by atoms with Crippen LogP contribution in [0.2, 0.25) is 0 Å². The number of aryl methyl sites for hydroxylation is 2. The molecule has 34 heavy (non-hydrogen) atoms. The summed E-state index contributed by atoms with van der Waals surface area (Å²) in [5.41, 5.74) is 1.87. The van der Waals surface area contributed by atoms with Gasteiger partial charge >= 0.3 is 0 Å². The third-order valence-electron chi connectivity index (χ3n) is 6.31. The number of likely N-dealkylation sites (N-methyl/N-ethyl adjacent to an activating group) is 2. The Labute approximate surface area is 208 Å². The summed E-state index contributed by atoms with van der Waals surface area (Å²) in [5, 5.41) is 0. The topological polar surface area (TPSA) is 65.6 Å². The maximum atomic E-state index is 13.0. The summed E-state index contributed by atoms with van der Waals surface area (Å²) in [7, 11) is 8.20. The smallest absolute Gasteiger partial charge is 0.248 e. The second kappa shape index (κ2) is 14.1. The highest BCUT2D eigenvalue weighted by Crippen LogP contribution is 2.25. The van der Waals surface area contributed by atoms with Gasteiger partial charge in [-0.25, -0.2) is 8.51 Å². The fraction of sp³-hybridized carbons (Fsp3) is 0.720. The molecule has 1 heterocycles. The molecular weight excluding hydrogens is 452 g/mol. The third-order valence-corrected chi connectivity index (χ3v) is 8.05. The van der Waals surface area contributed by atoms with Crippen molar-refractivity contribution < 1.29 is 18.5 Å². The first-order chi connectivity index (χ1) is 16.1. The molecule has 0 aromatic heterocycles. The van der Waals surface area contributed by atoms with Gasteiger partial charge in [0.05, 0.1) is 18.6 Å². The molecule has 1 aromatic rings. The lowest BCUT2D eigenvalue weighted by Gasteiger charge is -2.22. The fourth-order valence-electron chi connectivity index (χ4n) is 4.37. The van der Waals surface area contributed by atoms with Gasteiger partial charge in [-0.3, -0.25) is 4.79 Å². The average Bonchev–Trinajstić information content (AvgIpc) is 3.22. The summed E-state index contributed by atoms with van der Waals surface area (Å²) >= 11 is 0. The molecule has 2 atom stereocenters. The highest BCUT2D eigenvalue weighted by molar-refractivity contribution is 7.82. The number of likely N-dealkylation sites (tertiary alicyclic amines) is 1. The maximum Gasteiger partial charge on any atom is 0.248 e. The van der Waals surface area contributed by atoms with Crippen molar-refractivity contribution in [2.45, 2.75) is 31.6 Å². The van der Waals surface area contributed by atoms with Crippen molar-refractivity contribution in [1.82, 2.24) is 19.0 Å². The Hall–Kier alpha value is -1.52. The summed E-state index contributed by atoms with van der Waals surface area (Å²) in [6.07, 6.45) is 2.32. The third kappa shape index (κ3) is 8.92. The minimum atomic E-state index is -1.30. The van der Waals surface area contributed by atoms with E-state index in [1.165, 1.54) is 6.42 Å². The normalized spacial score (nSPS) is 17.5. The van der Waals surface area contributed by atoms with Crippen LogP contribution in [-0.4, -0.2) is 117 Å². The van der Waals surface area contributed by atoms with Crippen molar-refractivity contribution in [1.29, 1.82) is 0 Å². The second-order valence-corrected chi connectivity index (χ2v) is 11.2. The first-order valence-corrected chi connectivity index (χ1v) is 13.2. The lowest BCUT2D eigenvalue weighted by molar-refractivity contribution is -0.135. The quantitative estimate of drug-likeness (QED) is 0.367. The highest BCUT2D eigenvalue weighted by Gasteiger charge is 2.24. The Kier molecular flexibility index (Phi) is 11.9. The summed E-state index contributed by atoms with van der Waals surface area (Å²) in [6.45, 7) is 9.93. The van der Waals surface area contributed by atoms with Gasteiger partial charge < -0.3 is 24.2 Å². The van der Waals surface area contributed by atoms with E-state index in [2.05, 4.69) is 23.9 Å². The number of amides is 1. The molecular formula is C25H44N4O4S. The van der Waals surface area contributed by atoms with E-state index in [0.29, 0.717) is 19.1 Å². The SMILES string of the molecule is COc1cc(C)c(S(=O)N(C)CCOCC(=O)N(C)C[C@@H]2CCN(CCCN(C)C)C2)c(C)c1. The molecule has 1 saturated heterocycles. The first-order valence-electron chi connectivity index (χ1n) is 12.1. The number of carbonyl (C=O) groups excluding carboxylic acids is 1. The van der Waals surface area contributed by atoms with Crippen LogP contribution in [0.4, 0.5) is 0 Å². The van der Waals surface area contributed by atoms with Crippen LogP contribution in [-0.2, 0) is 20.5 Å². The van der Waals surface area contributed by atoms with E-state index in [4.69, 9.17) is 9.47 Å². The van der Waals surface area contributed by atoms with Crippen molar-refractivity contribution in [3.63, 3.8) is 0 Å². The van der Waals surface area contributed by atoms with Gasteiger partial charge in [-0.1, -0.05) is 0 Å². The molecule has 1 fully saturated rings. The minimum absolute atomic E-state index is 0.00308. The number of hydrogen-bond donors (Lipinski definition) is 0. The predicted molar refractivity (Wildman–Crippen MR) is 138 cm³/mol. The molecule has 0 N–H and O–H groups in total. The summed E-state index contributed by atoms with van der Waals surface area (Å²) < 4.78 is 25.7. The number of ether oxygens (including phenoxy) is 2. The molecule has 9 heteroatoms. The number of rotatable bonds is 14. The molecule has 1 unspecified atom stereocenters. The number of methoxy groups -OCH3 is 1. The number of hydrogen-bond acceptors (Lipinski definition) is 6. The zero-order valence-corrected chi connectivity index (χ0v) is 22.9. The Morgan fingerprint density at radius 1 is 1.15 bits per heavy atom. The molecule has 2 rings (SSSR count). The lowest BCUT2D eigenvalue weighted by Crippen LogP contribution is -2.36. The van der Waals surface area contributed by atoms with Gasteiger partial charge in [-0.2, -0.15) is 0 Å². The Bertz CT molecular complexity index is 797. The summed E-state index contributed by atoms with van der Waals surface area (Å²) in [5.74, 6) is 1.29. The fourth-order valence-corrected chi connectivity index (χ4v) is 5.59. The Morgan fingerprint density at radius 3 is 2.44 bits per heavy atom. The Balaban J connectivity index is 1.68. The van der Waals surface area contributed by atoms with Crippen molar-refractivity contribution >= 4 is 16.9 Å². The van der Waals surface area contributed by atoms with E-state index in [0.717, 1.165) is 60.9 Å². The van der Waals surface area contributed by atoms with Gasteiger partial charge in [-0.15, -0.1) is 0 Å². The molecule has 0 radical (unpaired) electrons. The van der Waals surface area contributed by atoms with Crippen molar-refractivity contribution in [3.8, 4) is 5.75 Å². The van der Waals surface area contributed by atoms with Crippen LogP contribution in [0.1, 0.15) is 24.0 Å². The van der Waals surface area contributed by atoms with Crippen LogP contribution >= 0.6 is 0 Å². The van der Waals surface area contributed by atoms with Crippen molar-refractivity contribution in [2.24, 2.45) is 5.92 Å². The first kappa shape index (κ1) is 28.7. The van der Waals surface area contributed by atoms with Crippen LogP contribution < -0.4 is 4.74 Å². The van der Waals surface area contributed by atoms with E-state index >= 15 is 0 Å². The van der Waals surface area contributed by atoms with Gasteiger partial charge in [-0.05, 0) is 89.6 Å². The van der Waals surface area contributed by atoms with Crippen LogP contribution in [0.5, 0.6) is 5.75 Å². The second-order valence-electron chi connectivity index (χ2n) is 9.63. The average molecular weight is 497 g/mol. The predicted octanol–water partition coefficient (Wildman–Crippen LogP) is 2.02. The van der Waals surface area contributed by atoms with Crippen LogP contribution in [0.25, 0.3) is 0 Å². The molecule has 0 bridgehead atoms. The van der Waals surface area contributed by atoms with Crippen LogP contribution in [0.3, 0.4) is 0 Å². The number of benzene rings is 1. The van der Waals surface area contributed by atoms with E-state index < -0.39 is 11.0 Å². The van der Waals surface area contributed by atoms with Gasteiger partial charge in [0.1, 0.15) is 23.3 Å². The molecule has 194 valence electrons. The lowest BCUT2D eigenvalue weighted by atomic mass is 10.1. The van der Waals surface area contributed by atoms with Crippen LogP contribution in [0, 0.1) is 19.8 Å². The van der Waals surface area contributed by atoms with Crippen molar-refractivity contribution in [2.75, 3.05) is 87.8 Å². The summed E-state index contributed by atoms with van der Waals surface area (Å²) in [6, 6.07) is 3.79. The van der Waals surface area contributed by atoms with Gasteiger partial charge in [0.15, 0.2) is 0 Å². The number of carbonyl (C=O) groups is 1. The molecule has 0 aliphatic carbocycles. The minimum Gasteiger partial charge on any atom is -0.497 e. The zero-order valence-electron chi connectivity index (χ0n) is 22.1. The number of nitrogens with zero attached hydrogens (tertiary/aromatic N) is 4. The maximum absolute atomic E-state index is 13.0.